The Bertz CT molecular complexity index is 1760. The van der Waals surface area contributed by atoms with Crippen LogP contribution in [0.2, 0.25) is 0 Å². The van der Waals surface area contributed by atoms with Crippen LogP contribution in [0.15, 0.2) is 91.0 Å². The molecule has 3 aromatic heterocycles. The van der Waals surface area contributed by atoms with Crippen molar-refractivity contribution in [1.29, 1.82) is 0 Å². The standard InChI is InChI=1S/C26H15N3/c1-3-9-18-16(7-1)13-14-19-20-15-17-8-2-4-10-21(17)27-25(20)29-23-12-6-5-11-22(23)28-26(29)24(18)19/h1-15H. The van der Waals surface area contributed by atoms with Crippen LogP contribution >= 0.6 is 0 Å². The molecule has 0 N–H and O–H groups in total. The molecule has 7 rings (SSSR count). The minimum atomic E-state index is 0.954. The van der Waals surface area contributed by atoms with Crippen molar-refractivity contribution >= 4 is 60.2 Å². The fraction of sp³-hybridized carbons (Fsp3) is 0. The maximum absolute atomic E-state index is 5.08. The Kier molecular flexibility index (Phi) is 2.74. The van der Waals surface area contributed by atoms with Gasteiger partial charge in [-0.15, -0.1) is 0 Å². The van der Waals surface area contributed by atoms with Crippen LogP contribution in [0.5, 0.6) is 0 Å². The van der Waals surface area contributed by atoms with E-state index in [9.17, 15) is 0 Å². The number of fused-ring (bicyclic) bond motifs is 11. The summed E-state index contributed by atoms with van der Waals surface area (Å²) in [6.45, 7) is 0. The third-order valence-electron chi connectivity index (χ3n) is 5.92. The van der Waals surface area contributed by atoms with Gasteiger partial charge in [-0.1, -0.05) is 66.7 Å². The van der Waals surface area contributed by atoms with Crippen LogP contribution in [-0.4, -0.2) is 14.4 Å². The van der Waals surface area contributed by atoms with Crippen molar-refractivity contribution < 1.29 is 0 Å². The molecule has 4 aromatic carbocycles. The third kappa shape index (κ3) is 1.91. The molecule has 0 aliphatic heterocycles. The number of imidazole rings is 1. The summed E-state index contributed by atoms with van der Waals surface area (Å²) in [4.78, 5) is 10.1. The Morgan fingerprint density at radius 1 is 0.517 bits per heavy atom. The van der Waals surface area contributed by atoms with Gasteiger partial charge >= 0.3 is 0 Å². The van der Waals surface area contributed by atoms with Gasteiger partial charge < -0.3 is 0 Å². The molecule has 0 amide bonds. The Morgan fingerprint density at radius 2 is 1.24 bits per heavy atom. The third-order valence-corrected chi connectivity index (χ3v) is 5.92. The Balaban J connectivity index is 1.90. The van der Waals surface area contributed by atoms with Gasteiger partial charge in [0.2, 0.25) is 0 Å². The summed E-state index contributed by atoms with van der Waals surface area (Å²) < 4.78 is 2.23. The van der Waals surface area contributed by atoms with Crippen LogP contribution in [0, 0.1) is 0 Å². The first-order valence-electron chi connectivity index (χ1n) is 9.79. The van der Waals surface area contributed by atoms with Crippen LogP contribution in [-0.2, 0) is 0 Å². The molecule has 0 aliphatic rings. The molecule has 0 unspecified atom stereocenters. The van der Waals surface area contributed by atoms with Gasteiger partial charge in [-0.3, -0.25) is 4.40 Å². The fourth-order valence-electron chi connectivity index (χ4n) is 4.62. The van der Waals surface area contributed by atoms with Crippen molar-refractivity contribution in [2.24, 2.45) is 0 Å². The van der Waals surface area contributed by atoms with Gasteiger partial charge in [0, 0.05) is 16.2 Å². The number of hydrogen-bond donors (Lipinski definition) is 0. The monoisotopic (exact) mass is 369 g/mol. The summed E-state index contributed by atoms with van der Waals surface area (Å²) in [5.74, 6) is 0. The molecule has 7 aromatic rings. The first-order chi connectivity index (χ1) is 14.4. The quantitative estimate of drug-likeness (QED) is 0.226. The molecular formula is C26H15N3. The smallest absolute Gasteiger partial charge is 0.148 e. The maximum Gasteiger partial charge on any atom is 0.148 e. The van der Waals surface area contributed by atoms with Crippen LogP contribution < -0.4 is 0 Å². The Labute approximate surface area is 165 Å². The van der Waals surface area contributed by atoms with E-state index in [0.29, 0.717) is 0 Å². The van der Waals surface area contributed by atoms with E-state index in [4.69, 9.17) is 9.97 Å². The number of para-hydroxylation sites is 3. The van der Waals surface area contributed by atoms with Gasteiger partial charge in [0.25, 0.3) is 0 Å². The topological polar surface area (TPSA) is 30.2 Å². The summed E-state index contributed by atoms with van der Waals surface area (Å²) in [6, 6.07) is 31.9. The van der Waals surface area contributed by atoms with Crippen molar-refractivity contribution in [3.05, 3.63) is 91.0 Å². The second-order valence-corrected chi connectivity index (χ2v) is 7.52. The molecular weight excluding hydrogens is 354 g/mol. The van der Waals surface area contributed by atoms with Crippen LogP contribution in [0.3, 0.4) is 0 Å². The van der Waals surface area contributed by atoms with Crippen molar-refractivity contribution in [1.82, 2.24) is 14.4 Å². The van der Waals surface area contributed by atoms with Crippen molar-refractivity contribution in [3.8, 4) is 0 Å². The lowest BCUT2D eigenvalue weighted by Crippen LogP contribution is -1.95. The van der Waals surface area contributed by atoms with E-state index in [1.165, 1.54) is 21.5 Å². The second-order valence-electron chi connectivity index (χ2n) is 7.52. The Hall–Kier alpha value is -3.98. The highest BCUT2D eigenvalue weighted by atomic mass is 15.1. The highest BCUT2D eigenvalue weighted by Gasteiger charge is 2.16. The van der Waals surface area contributed by atoms with E-state index in [1.807, 2.05) is 12.1 Å². The molecule has 0 aliphatic carbocycles. The summed E-state index contributed by atoms with van der Waals surface area (Å²) >= 11 is 0. The van der Waals surface area contributed by atoms with E-state index in [-0.39, 0.29) is 0 Å². The lowest BCUT2D eigenvalue weighted by molar-refractivity contribution is 1.26. The molecule has 0 fully saturated rings. The number of nitrogens with zero attached hydrogens (tertiary/aromatic N) is 3. The molecule has 0 saturated heterocycles. The summed E-state index contributed by atoms with van der Waals surface area (Å²) in [5, 5.41) is 7.13. The van der Waals surface area contributed by atoms with Crippen molar-refractivity contribution in [2.75, 3.05) is 0 Å². The molecule has 29 heavy (non-hydrogen) atoms. The highest BCUT2D eigenvalue weighted by molar-refractivity contribution is 6.23. The number of rotatable bonds is 0. The lowest BCUT2D eigenvalue weighted by Gasteiger charge is -2.12. The van der Waals surface area contributed by atoms with E-state index in [1.54, 1.807) is 0 Å². The average molecular weight is 369 g/mol. The summed E-state index contributed by atoms with van der Waals surface area (Å²) in [6.07, 6.45) is 0. The van der Waals surface area contributed by atoms with E-state index in [2.05, 4.69) is 83.3 Å². The predicted octanol–water partition coefficient (Wildman–Crippen LogP) is 6.50. The number of aromatic nitrogens is 3. The van der Waals surface area contributed by atoms with Crippen molar-refractivity contribution in [2.45, 2.75) is 0 Å². The van der Waals surface area contributed by atoms with Gasteiger partial charge in [0.15, 0.2) is 0 Å². The SMILES string of the molecule is c1ccc2nc3c(cc2c1)c1ccc2ccccc2c1c1nc2ccccc2n31. The molecule has 0 radical (unpaired) electrons. The van der Waals surface area contributed by atoms with E-state index in [0.717, 1.165) is 38.6 Å². The first kappa shape index (κ1) is 15.0. The molecule has 0 atom stereocenters. The van der Waals surface area contributed by atoms with Crippen LogP contribution in [0.4, 0.5) is 0 Å². The van der Waals surface area contributed by atoms with Gasteiger partial charge in [-0.05, 0) is 40.4 Å². The minimum absolute atomic E-state index is 0.954. The summed E-state index contributed by atoms with van der Waals surface area (Å²) in [7, 11) is 0. The summed E-state index contributed by atoms with van der Waals surface area (Å²) in [5.41, 5.74) is 5.00. The zero-order valence-corrected chi connectivity index (χ0v) is 15.5. The average Bonchev–Trinajstić information content (AvgIpc) is 3.17. The lowest BCUT2D eigenvalue weighted by atomic mass is 10.00. The zero-order valence-electron chi connectivity index (χ0n) is 15.5. The molecule has 0 bridgehead atoms. The Morgan fingerprint density at radius 3 is 2.17 bits per heavy atom. The molecule has 134 valence electrons. The van der Waals surface area contributed by atoms with Gasteiger partial charge in [-0.2, -0.15) is 0 Å². The number of pyridine rings is 2. The predicted molar refractivity (Wildman–Crippen MR) is 121 cm³/mol. The molecule has 3 heteroatoms. The number of hydrogen-bond acceptors (Lipinski definition) is 2. The first-order valence-corrected chi connectivity index (χ1v) is 9.79. The normalized spacial score (nSPS) is 12.1. The molecule has 3 heterocycles. The van der Waals surface area contributed by atoms with Crippen LogP contribution in [0.25, 0.3) is 60.2 Å². The van der Waals surface area contributed by atoms with Gasteiger partial charge in [0.1, 0.15) is 11.3 Å². The van der Waals surface area contributed by atoms with Gasteiger partial charge in [-0.25, -0.2) is 9.97 Å². The van der Waals surface area contributed by atoms with Gasteiger partial charge in [0.05, 0.1) is 16.6 Å². The molecule has 3 nitrogen and oxygen atoms in total. The minimum Gasteiger partial charge on any atom is -0.276 e. The fourth-order valence-corrected chi connectivity index (χ4v) is 4.62. The molecule has 0 saturated carbocycles. The van der Waals surface area contributed by atoms with E-state index < -0.39 is 0 Å². The number of benzene rings is 4. The second kappa shape index (κ2) is 5.30. The largest absolute Gasteiger partial charge is 0.276 e. The zero-order chi connectivity index (χ0) is 18.9. The maximum atomic E-state index is 5.08. The van der Waals surface area contributed by atoms with Crippen LogP contribution in [0.1, 0.15) is 0 Å². The highest BCUT2D eigenvalue weighted by Crippen LogP contribution is 2.36. The molecule has 0 spiro atoms. The van der Waals surface area contributed by atoms with E-state index >= 15 is 0 Å². The van der Waals surface area contributed by atoms with Crippen molar-refractivity contribution in [3.63, 3.8) is 0 Å².